The monoisotopic (exact) mass is 331 g/mol. The van der Waals surface area contributed by atoms with Crippen LogP contribution in [0.4, 0.5) is 0 Å². The molecule has 7 nitrogen and oxygen atoms in total. The third-order valence-corrected chi connectivity index (χ3v) is 3.27. The van der Waals surface area contributed by atoms with Gasteiger partial charge < -0.3 is 25.4 Å². The molecule has 0 aliphatic carbocycles. The molecule has 7 heteroatoms. The van der Waals surface area contributed by atoms with Crippen molar-refractivity contribution in [3.05, 3.63) is 47.5 Å². The van der Waals surface area contributed by atoms with Crippen molar-refractivity contribution in [3.63, 3.8) is 0 Å². The SMILES string of the molecule is CNCC(=O)c1ccc(OCC(=O)c2ccc(O)c(O)c2)c(O)c1. The predicted octanol–water partition coefficient (Wildman–Crippen LogP) is 1.47. The quantitative estimate of drug-likeness (QED) is 0.448. The van der Waals surface area contributed by atoms with E-state index in [2.05, 4.69) is 5.32 Å². The average Bonchev–Trinajstić information content (AvgIpc) is 2.56. The van der Waals surface area contributed by atoms with Crippen LogP contribution in [0.2, 0.25) is 0 Å². The summed E-state index contributed by atoms with van der Waals surface area (Å²) in [5.41, 5.74) is 0.481. The van der Waals surface area contributed by atoms with Crippen molar-refractivity contribution in [1.29, 1.82) is 0 Å². The first-order chi connectivity index (χ1) is 11.4. The lowest BCUT2D eigenvalue weighted by Gasteiger charge is -2.09. The van der Waals surface area contributed by atoms with Crippen molar-refractivity contribution in [2.75, 3.05) is 20.2 Å². The van der Waals surface area contributed by atoms with Gasteiger partial charge in [-0.3, -0.25) is 9.59 Å². The number of likely N-dealkylation sites (N-methyl/N-ethyl adjacent to an activating group) is 1. The summed E-state index contributed by atoms with van der Waals surface area (Å²) in [4.78, 5) is 23.7. The molecule has 0 bridgehead atoms. The zero-order chi connectivity index (χ0) is 17.7. The number of aromatic hydroxyl groups is 3. The highest BCUT2D eigenvalue weighted by Gasteiger charge is 2.13. The first kappa shape index (κ1) is 17.3. The smallest absolute Gasteiger partial charge is 0.200 e. The van der Waals surface area contributed by atoms with Gasteiger partial charge in [0.1, 0.15) is 0 Å². The van der Waals surface area contributed by atoms with E-state index in [0.717, 1.165) is 6.07 Å². The Hall–Kier alpha value is -3.06. The second kappa shape index (κ2) is 7.47. The highest BCUT2D eigenvalue weighted by atomic mass is 16.5. The summed E-state index contributed by atoms with van der Waals surface area (Å²) >= 11 is 0. The Balaban J connectivity index is 2.04. The molecule has 0 radical (unpaired) electrons. The maximum atomic E-state index is 12.0. The van der Waals surface area contributed by atoms with E-state index in [1.807, 2.05) is 0 Å². The molecule has 126 valence electrons. The Labute approximate surface area is 138 Å². The van der Waals surface area contributed by atoms with Gasteiger partial charge in [-0.05, 0) is 43.4 Å². The van der Waals surface area contributed by atoms with E-state index in [4.69, 9.17) is 4.74 Å². The number of ether oxygens (including phenoxy) is 1. The van der Waals surface area contributed by atoms with Gasteiger partial charge in [-0.1, -0.05) is 0 Å². The van der Waals surface area contributed by atoms with Gasteiger partial charge in [0.05, 0.1) is 6.54 Å². The van der Waals surface area contributed by atoms with Crippen LogP contribution in [0, 0.1) is 0 Å². The lowest BCUT2D eigenvalue weighted by molar-refractivity contribution is 0.0917. The second-order valence-corrected chi connectivity index (χ2v) is 5.05. The Morgan fingerprint density at radius 3 is 2.17 bits per heavy atom. The van der Waals surface area contributed by atoms with Crippen molar-refractivity contribution in [2.45, 2.75) is 0 Å². The van der Waals surface area contributed by atoms with Crippen LogP contribution in [0.1, 0.15) is 20.7 Å². The van der Waals surface area contributed by atoms with E-state index >= 15 is 0 Å². The van der Waals surface area contributed by atoms with Crippen LogP contribution < -0.4 is 10.1 Å². The number of carbonyl (C=O) groups is 2. The summed E-state index contributed by atoms with van der Waals surface area (Å²) in [7, 11) is 1.64. The van der Waals surface area contributed by atoms with Gasteiger partial charge in [-0.25, -0.2) is 0 Å². The van der Waals surface area contributed by atoms with Gasteiger partial charge in [0.2, 0.25) is 0 Å². The van der Waals surface area contributed by atoms with Crippen LogP contribution in [0.25, 0.3) is 0 Å². The fourth-order valence-electron chi connectivity index (χ4n) is 2.00. The fourth-order valence-corrected chi connectivity index (χ4v) is 2.00. The zero-order valence-electron chi connectivity index (χ0n) is 12.9. The minimum Gasteiger partial charge on any atom is -0.504 e. The molecule has 0 saturated heterocycles. The van der Waals surface area contributed by atoms with E-state index in [1.54, 1.807) is 7.05 Å². The molecule has 0 amide bonds. The Bertz CT molecular complexity index is 772. The molecule has 0 aliphatic rings. The number of hydrogen-bond donors (Lipinski definition) is 4. The van der Waals surface area contributed by atoms with E-state index in [-0.39, 0.29) is 41.7 Å². The van der Waals surface area contributed by atoms with E-state index in [9.17, 15) is 24.9 Å². The van der Waals surface area contributed by atoms with E-state index < -0.39 is 11.5 Å². The number of Topliss-reactive ketones (excluding diaryl/α,β-unsaturated/α-hetero) is 2. The number of benzene rings is 2. The van der Waals surface area contributed by atoms with Gasteiger partial charge in [0.15, 0.2) is 41.2 Å². The van der Waals surface area contributed by atoms with E-state index in [1.165, 1.54) is 30.3 Å². The number of carbonyl (C=O) groups excluding carboxylic acids is 2. The highest BCUT2D eigenvalue weighted by Crippen LogP contribution is 2.28. The molecular formula is C17H17NO6. The van der Waals surface area contributed by atoms with Gasteiger partial charge >= 0.3 is 0 Å². The third-order valence-electron chi connectivity index (χ3n) is 3.27. The molecule has 0 saturated carbocycles. The van der Waals surface area contributed by atoms with Crippen LogP contribution in [0.15, 0.2) is 36.4 Å². The number of hydrogen-bond acceptors (Lipinski definition) is 7. The maximum absolute atomic E-state index is 12.0. The number of nitrogens with one attached hydrogen (secondary N) is 1. The molecule has 0 unspecified atom stereocenters. The van der Waals surface area contributed by atoms with Crippen molar-refractivity contribution in [2.24, 2.45) is 0 Å². The van der Waals surface area contributed by atoms with Crippen LogP contribution in [0.5, 0.6) is 23.0 Å². The third kappa shape index (κ3) is 4.02. The van der Waals surface area contributed by atoms with Gasteiger partial charge in [0, 0.05) is 11.1 Å². The molecule has 24 heavy (non-hydrogen) atoms. The molecule has 0 aliphatic heterocycles. The van der Waals surface area contributed by atoms with Gasteiger partial charge in [0.25, 0.3) is 0 Å². The Kier molecular flexibility index (Phi) is 5.39. The standard InChI is InChI=1S/C17H17NO6/c1-18-8-15(22)10-3-5-17(14(21)7-10)24-9-16(23)11-2-4-12(19)13(20)6-11/h2-7,18-21H,8-9H2,1H3. The Morgan fingerprint density at radius 1 is 0.917 bits per heavy atom. The minimum atomic E-state index is -0.444. The minimum absolute atomic E-state index is 0.0624. The molecule has 0 fully saturated rings. The first-order valence-corrected chi connectivity index (χ1v) is 7.11. The number of phenols is 3. The maximum Gasteiger partial charge on any atom is 0.200 e. The number of rotatable bonds is 7. The van der Waals surface area contributed by atoms with Crippen LogP contribution >= 0.6 is 0 Å². The summed E-state index contributed by atoms with van der Waals surface area (Å²) in [6.45, 7) is -0.232. The summed E-state index contributed by atoms with van der Waals surface area (Å²) in [6, 6.07) is 7.83. The molecular weight excluding hydrogens is 314 g/mol. The fraction of sp³-hybridized carbons (Fsp3) is 0.176. The average molecular weight is 331 g/mol. The number of phenolic OH excluding ortho intramolecular Hbond substituents is 3. The molecule has 4 N–H and O–H groups in total. The highest BCUT2D eigenvalue weighted by molar-refractivity contribution is 5.98. The lowest BCUT2D eigenvalue weighted by atomic mass is 10.1. The molecule has 0 heterocycles. The van der Waals surface area contributed by atoms with Crippen LogP contribution in [-0.2, 0) is 0 Å². The van der Waals surface area contributed by atoms with Gasteiger partial charge in [-0.15, -0.1) is 0 Å². The van der Waals surface area contributed by atoms with E-state index in [0.29, 0.717) is 5.56 Å². The van der Waals surface area contributed by atoms with Crippen LogP contribution in [-0.4, -0.2) is 47.1 Å². The summed E-state index contributed by atoms with van der Waals surface area (Å²) < 4.78 is 5.25. The molecule has 0 aromatic heterocycles. The van der Waals surface area contributed by atoms with Crippen molar-refractivity contribution in [3.8, 4) is 23.0 Å². The summed E-state index contributed by atoms with van der Waals surface area (Å²) in [6.07, 6.45) is 0. The van der Waals surface area contributed by atoms with Crippen LogP contribution in [0.3, 0.4) is 0 Å². The molecule has 2 rings (SSSR count). The molecule has 0 atom stereocenters. The summed E-state index contributed by atoms with van der Waals surface area (Å²) in [5.74, 6) is -1.55. The second-order valence-electron chi connectivity index (χ2n) is 5.05. The molecule has 2 aromatic rings. The largest absolute Gasteiger partial charge is 0.504 e. The van der Waals surface area contributed by atoms with Crippen molar-refractivity contribution >= 4 is 11.6 Å². The topological polar surface area (TPSA) is 116 Å². The normalized spacial score (nSPS) is 10.4. The first-order valence-electron chi connectivity index (χ1n) is 7.11. The van der Waals surface area contributed by atoms with Crippen molar-refractivity contribution < 1.29 is 29.6 Å². The zero-order valence-corrected chi connectivity index (χ0v) is 12.9. The molecule has 0 spiro atoms. The molecule has 2 aromatic carbocycles. The summed E-state index contributed by atoms with van der Waals surface area (Å²) in [5, 5.41) is 31.2. The van der Waals surface area contributed by atoms with Gasteiger partial charge in [-0.2, -0.15) is 0 Å². The predicted molar refractivity (Wildman–Crippen MR) is 86.0 cm³/mol. The Morgan fingerprint density at radius 2 is 1.54 bits per heavy atom. The van der Waals surface area contributed by atoms with Crippen molar-refractivity contribution in [1.82, 2.24) is 5.32 Å². The number of ketones is 2. The lowest BCUT2D eigenvalue weighted by Crippen LogP contribution is -2.18.